The van der Waals surface area contributed by atoms with Gasteiger partial charge >= 0.3 is 11.9 Å². The summed E-state index contributed by atoms with van der Waals surface area (Å²) in [4.78, 5) is 26.4. The average Bonchev–Trinajstić information content (AvgIpc) is 3.40. The van der Waals surface area contributed by atoms with E-state index in [1.807, 2.05) is 38.1 Å². The Balaban J connectivity index is 1.87. The molecule has 1 fully saturated rings. The van der Waals surface area contributed by atoms with E-state index in [0.717, 1.165) is 42.8 Å². The summed E-state index contributed by atoms with van der Waals surface area (Å²) < 4.78 is 8.35. The van der Waals surface area contributed by atoms with Crippen LogP contribution >= 0.6 is 11.6 Å². The summed E-state index contributed by atoms with van der Waals surface area (Å²) in [6.07, 6.45) is 3.63. The fourth-order valence-electron chi connectivity index (χ4n) is 5.84. The highest BCUT2D eigenvalue weighted by Gasteiger charge is 2.44. The molecule has 1 atom stereocenters. The molecule has 1 aliphatic heterocycles. The molecule has 6 nitrogen and oxygen atoms in total. The molecule has 1 aromatic heterocycles. The van der Waals surface area contributed by atoms with E-state index in [1.165, 1.54) is 0 Å². The molecular formula is C29H35ClN2O4. The number of carboxylic acids is 1. The lowest BCUT2D eigenvalue weighted by atomic mass is 9.80. The zero-order valence-electron chi connectivity index (χ0n) is 21.9. The van der Waals surface area contributed by atoms with Crippen LogP contribution in [-0.2, 0) is 14.3 Å². The van der Waals surface area contributed by atoms with Crippen LogP contribution in [0.3, 0.4) is 0 Å². The van der Waals surface area contributed by atoms with Crippen LogP contribution in [0, 0.1) is 19.8 Å². The van der Waals surface area contributed by atoms with Gasteiger partial charge in [0.05, 0.1) is 17.1 Å². The number of carbonyl (C=O) groups is 2. The standard InChI is InChI=1S/C29H35ClN2O4/c1-16(2)29(13-7-8-14-29)36-28(35)25-20(6)31-19(5)24(27(33)34)26(25)22-15-21(11-12-23(22)30)32-17(3)9-10-18(32)4/h9-12,15-16,26,31H,7-8,13-14H2,1-6H3,(H,33,34). The number of benzene rings is 1. The van der Waals surface area contributed by atoms with Gasteiger partial charge in [-0.2, -0.15) is 0 Å². The Morgan fingerprint density at radius 2 is 1.61 bits per heavy atom. The number of hydrogen-bond acceptors (Lipinski definition) is 4. The summed E-state index contributed by atoms with van der Waals surface area (Å²) in [5.41, 5.74) is 4.42. The fourth-order valence-corrected chi connectivity index (χ4v) is 6.06. The van der Waals surface area contributed by atoms with Gasteiger partial charge in [-0.3, -0.25) is 0 Å². The molecule has 0 bridgehead atoms. The quantitative estimate of drug-likeness (QED) is 0.429. The number of carbonyl (C=O) groups excluding carboxylic acids is 1. The predicted molar refractivity (Wildman–Crippen MR) is 141 cm³/mol. The summed E-state index contributed by atoms with van der Waals surface area (Å²) in [5, 5.41) is 13.8. The third kappa shape index (κ3) is 4.47. The van der Waals surface area contributed by atoms with Crippen molar-refractivity contribution in [2.45, 2.75) is 78.7 Å². The normalized spacial score (nSPS) is 19.6. The molecule has 36 heavy (non-hydrogen) atoms. The van der Waals surface area contributed by atoms with E-state index < -0.39 is 23.5 Å². The second-order valence-electron chi connectivity index (χ2n) is 10.4. The third-order valence-electron chi connectivity index (χ3n) is 7.83. The number of ether oxygens (including phenoxy) is 1. The van der Waals surface area contributed by atoms with Gasteiger partial charge in [0, 0.05) is 33.5 Å². The van der Waals surface area contributed by atoms with Crippen molar-refractivity contribution in [3.63, 3.8) is 0 Å². The highest BCUT2D eigenvalue weighted by atomic mass is 35.5. The molecule has 0 saturated heterocycles. The van der Waals surface area contributed by atoms with Gasteiger partial charge in [-0.05, 0) is 95.2 Å². The summed E-state index contributed by atoms with van der Waals surface area (Å²) in [7, 11) is 0. The lowest BCUT2D eigenvalue weighted by molar-refractivity contribution is -0.159. The number of aryl methyl sites for hydroxylation is 2. The molecule has 1 unspecified atom stereocenters. The van der Waals surface area contributed by atoms with Gasteiger partial charge in [0.25, 0.3) is 0 Å². The van der Waals surface area contributed by atoms with Gasteiger partial charge in [-0.15, -0.1) is 0 Å². The minimum absolute atomic E-state index is 0.0950. The summed E-state index contributed by atoms with van der Waals surface area (Å²) >= 11 is 6.73. The van der Waals surface area contributed by atoms with Gasteiger partial charge in [0.2, 0.25) is 0 Å². The maximum Gasteiger partial charge on any atom is 0.337 e. The van der Waals surface area contributed by atoms with Crippen LogP contribution in [0.15, 0.2) is 52.9 Å². The Morgan fingerprint density at radius 3 is 2.17 bits per heavy atom. The van der Waals surface area contributed by atoms with Crippen LogP contribution in [-0.4, -0.2) is 27.2 Å². The van der Waals surface area contributed by atoms with Gasteiger partial charge in [0.1, 0.15) is 5.60 Å². The molecule has 0 radical (unpaired) electrons. The largest absolute Gasteiger partial charge is 0.478 e. The number of nitrogens with zero attached hydrogens (tertiary/aromatic N) is 1. The zero-order valence-corrected chi connectivity index (χ0v) is 22.6. The Morgan fingerprint density at radius 1 is 1.03 bits per heavy atom. The number of carboxylic acid groups (broad SMARTS) is 1. The van der Waals surface area contributed by atoms with E-state index in [9.17, 15) is 14.7 Å². The van der Waals surface area contributed by atoms with E-state index in [0.29, 0.717) is 27.6 Å². The molecular weight excluding hydrogens is 476 g/mol. The first-order chi connectivity index (χ1) is 17.0. The molecule has 1 aromatic carbocycles. The van der Waals surface area contributed by atoms with E-state index in [1.54, 1.807) is 19.9 Å². The van der Waals surface area contributed by atoms with Crippen LogP contribution in [0.5, 0.6) is 0 Å². The molecule has 2 heterocycles. The number of esters is 1. The molecule has 0 amide bonds. The third-order valence-corrected chi connectivity index (χ3v) is 8.17. The van der Waals surface area contributed by atoms with Crippen LogP contribution in [0.25, 0.3) is 5.69 Å². The van der Waals surface area contributed by atoms with Crippen molar-refractivity contribution in [1.82, 2.24) is 9.88 Å². The number of dihydropyridines is 1. The molecule has 4 rings (SSSR count). The first-order valence-electron chi connectivity index (χ1n) is 12.6. The lowest BCUT2D eigenvalue weighted by Gasteiger charge is -2.36. The van der Waals surface area contributed by atoms with E-state index in [-0.39, 0.29) is 11.5 Å². The number of halogens is 1. The molecule has 1 aliphatic carbocycles. The fraction of sp³-hybridized carbons (Fsp3) is 0.448. The summed E-state index contributed by atoms with van der Waals surface area (Å²) in [6.45, 7) is 11.7. The monoisotopic (exact) mass is 510 g/mol. The number of rotatable bonds is 6. The number of aromatic nitrogens is 1. The number of aliphatic carboxylic acids is 1. The van der Waals surface area contributed by atoms with Gasteiger partial charge in [-0.25, -0.2) is 9.59 Å². The van der Waals surface area contributed by atoms with E-state index in [2.05, 4.69) is 23.7 Å². The van der Waals surface area contributed by atoms with Crippen molar-refractivity contribution in [1.29, 1.82) is 0 Å². The Labute approximate surface area is 218 Å². The first kappa shape index (κ1) is 26.1. The molecule has 192 valence electrons. The van der Waals surface area contributed by atoms with Crippen LogP contribution in [0.4, 0.5) is 0 Å². The maximum atomic E-state index is 13.9. The average molecular weight is 511 g/mol. The second-order valence-corrected chi connectivity index (χ2v) is 10.8. The highest BCUT2D eigenvalue weighted by molar-refractivity contribution is 6.31. The molecule has 2 N–H and O–H groups in total. The Hall–Kier alpha value is -2.99. The molecule has 1 saturated carbocycles. The SMILES string of the molecule is CC1=C(C(=O)O)C(c2cc(-n3c(C)ccc3C)ccc2Cl)C(C(=O)OC2(C(C)C)CCCC2)=C(C)N1. The molecule has 7 heteroatoms. The smallest absolute Gasteiger partial charge is 0.337 e. The number of hydrogen-bond donors (Lipinski definition) is 2. The van der Waals surface area contributed by atoms with Gasteiger partial charge in [0.15, 0.2) is 0 Å². The van der Waals surface area contributed by atoms with Crippen LogP contribution in [0.1, 0.15) is 76.2 Å². The molecule has 0 spiro atoms. The molecule has 2 aromatic rings. The lowest BCUT2D eigenvalue weighted by Crippen LogP contribution is -2.40. The van der Waals surface area contributed by atoms with Crippen molar-refractivity contribution in [2.24, 2.45) is 5.92 Å². The minimum Gasteiger partial charge on any atom is -0.478 e. The predicted octanol–water partition coefficient (Wildman–Crippen LogP) is 6.58. The van der Waals surface area contributed by atoms with Crippen molar-refractivity contribution in [3.05, 3.63) is 74.8 Å². The first-order valence-corrected chi connectivity index (χ1v) is 12.9. The van der Waals surface area contributed by atoms with Crippen molar-refractivity contribution >= 4 is 23.5 Å². The Bertz CT molecular complexity index is 1260. The van der Waals surface area contributed by atoms with Crippen molar-refractivity contribution in [3.8, 4) is 5.69 Å². The summed E-state index contributed by atoms with van der Waals surface area (Å²) in [5.74, 6) is -2.30. The zero-order chi connectivity index (χ0) is 26.4. The van der Waals surface area contributed by atoms with E-state index >= 15 is 0 Å². The second kappa shape index (κ2) is 9.81. The number of nitrogens with one attached hydrogen (secondary N) is 1. The van der Waals surface area contributed by atoms with Gasteiger partial charge < -0.3 is 19.7 Å². The highest BCUT2D eigenvalue weighted by Crippen LogP contribution is 2.45. The van der Waals surface area contributed by atoms with Gasteiger partial charge in [-0.1, -0.05) is 25.4 Å². The summed E-state index contributed by atoms with van der Waals surface area (Å²) in [6, 6.07) is 9.63. The topological polar surface area (TPSA) is 80.6 Å². The van der Waals surface area contributed by atoms with E-state index in [4.69, 9.17) is 16.3 Å². The Kier molecular flexibility index (Phi) is 7.11. The maximum absolute atomic E-state index is 13.9. The molecule has 2 aliphatic rings. The van der Waals surface area contributed by atoms with Crippen molar-refractivity contribution < 1.29 is 19.4 Å². The number of allylic oxidation sites excluding steroid dienone is 2. The van der Waals surface area contributed by atoms with Crippen LogP contribution < -0.4 is 5.32 Å². The van der Waals surface area contributed by atoms with Crippen molar-refractivity contribution in [2.75, 3.05) is 0 Å². The minimum atomic E-state index is -1.10. The van der Waals surface area contributed by atoms with Crippen LogP contribution in [0.2, 0.25) is 5.02 Å².